The maximum atomic E-state index is 0. The van der Waals surface area contributed by atoms with Crippen molar-refractivity contribution in [2.45, 2.75) is 0 Å². The standard InChI is InChI=1S/Al.Mg.H2O.H4Si.5H/h;;1H2;1H4;;;;;. The highest BCUT2D eigenvalue weighted by Crippen LogP contribution is -0.289. The summed E-state index contributed by atoms with van der Waals surface area (Å²) in [6.07, 6.45) is 0. The summed E-state index contributed by atoms with van der Waals surface area (Å²) in [6, 6.07) is 0. The van der Waals surface area contributed by atoms with Gasteiger partial charge in [0.05, 0.1) is 0 Å². The van der Waals surface area contributed by atoms with Crippen LogP contribution in [0.5, 0.6) is 0 Å². The van der Waals surface area contributed by atoms with Crippen molar-refractivity contribution in [3.05, 3.63) is 0 Å². The smallest absolute Gasteiger partial charge is 0.316 e. The first kappa shape index (κ1) is 50.4. The fourth-order valence-corrected chi connectivity index (χ4v) is 0. The lowest BCUT2D eigenvalue weighted by atomic mass is 16.0. The molecule has 0 radical (unpaired) electrons. The predicted octanol–water partition coefficient (Wildman–Crippen LogP) is -4.38. The lowest BCUT2D eigenvalue weighted by Crippen LogP contribution is -0.382. The van der Waals surface area contributed by atoms with Crippen LogP contribution >= 0.6 is 0 Å². The van der Waals surface area contributed by atoms with Gasteiger partial charge in [-0.15, -0.1) is 0 Å². The van der Waals surface area contributed by atoms with Gasteiger partial charge in [0.1, 0.15) is 0 Å². The SMILES string of the molecule is O.[AlH3].[MgH2].[SiH4]. The molecule has 0 aromatic carbocycles. The van der Waals surface area contributed by atoms with E-state index in [1.54, 1.807) is 0 Å². The highest BCUT2D eigenvalue weighted by molar-refractivity contribution is 5.76. The molecule has 0 aromatic rings. The number of hydrogen-bond acceptors (Lipinski definition) is 0. The fourth-order valence-electron chi connectivity index (χ4n) is 0. The van der Waals surface area contributed by atoms with Gasteiger partial charge in [-0.3, -0.25) is 0 Å². The van der Waals surface area contributed by atoms with E-state index in [9.17, 15) is 0 Å². The Hall–Kier alpha value is 1.48. The van der Waals surface area contributed by atoms with Crippen LogP contribution in [0.2, 0.25) is 0 Å². The van der Waals surface area contributed by atoms with Crippen LogP contribution in [0.15, 0.2) is 0 Å². The lowest BCUT2D eigenvalue weighted by Gasteiger charge is -0.412. The van der Waals surface area contributed by atoms with E-state index in [1.807, 2.05) is 0 Å². The maximum absolute atomic E-state index is 0. The number of rotatable bonds is 0. The van der Waals surface area contributed by atoms with Crippen molar-refractivity contribution in [3.8, 4) is 0 Å². The molecule has 0 saturated carbocycles. The second-order valence-corrected chi connectivity index (χ2v) is 0. The van der Waals surface area contributed by atoms with Gasteiger partial charge < -0.3 is 5.48 Å². The zero-order valence-corrected chi connectivity index (χ0v) is 0.500. The van der Waals surface area contributed by atoms with E-state index in [1.165, 1.54) is 0 Å². The molecule has 0 aliphatic rings. The first-order valence-electron chi connectivity index (χ1n) is 0. The van der Waals surface area contributed by atoms with Gasteiger partial charge in [-0.05, 0) is 11.0 Å². The summed E-state index contributed by atoms with van der Waals surface area (Å²) in [5.41, 5.74) is 0. The molecule has 26 valence electrons. The molecule has 0 atom stereocenters. The van der Waals surface area contributed by atoms with Crippen molar-refractivity contribution in [2.75, 3.05) is 0 Å². The second kappa shape index (κ2) is 24.8. The molecule has 0 amide bonds. The first-order chi connectivity index (χ1) is 0. The van der Waals surface area contributed by atoms with Crippen LogP contribution in [-0.4, -0.2) is 56.9 Å². The molecule has 0 unspecified atom stereocenters. The molecule has 0 aliphatic heterocycles. The van der Waals surface area contributed by atoms with Crippen LogP contribution in [0.4, 0.5) is 0 Å². The Morgan fingerprint density at radius 3 is 1.00 bits per heavy atom. The van der Waals surface area contributed by atoms with E-state index in [4.69, 9.17) is 0 Å². The lowest BCUT2D eigenvalue weighted by molar-refractivity contribution is 0.824. The summed E-state index contributed by atoms with van der Waals surface area (Å²) in [5.74, 6) is 0. The summed E-state index contributed by atoms with van der Waals surface area (Å²) < 4.78 is 0. The molecular formula is H11AlMgOSi. The largest absolute Gasteiger partial charge is 0.412 e. The van der Waals surface area contributed by atoms with Gasteiger partial charge in [0.25, 0.3) is 0 Å². The molecule has 0 heterocycles. The quantitative estimate of drug-likeness (QED) is 0.280. The molecule has 0 bridgehead atoms. The molecule has 0 aliphatic carbocycles. The van der Waals surface area contributed by atoms with Gasteiger partial charge >= 0.3 is 23.1 Å². The minimum Gasteiger partial charge on any atom is -0.412 e. The Bertz CT molecular complexity index is 8.00. The zero-order chi connectivity index (χ0) is 0. The van der Waals surface area contributed by atoms with Gasteiger partial charge in [0.2, 0.25) is 0 Å². The van der Waals surface area contributed by atoms with Crippen molar-refractivity contribution >= 4 is 51.4 Å². The average Bonchev–Trinajstić information content (AvgIpc) is 0. The molecule has 0 fully saturated rings. The Morgan fingerprint density at radius 2 is 1.00 bits per heavy atom. The zero-order valence-electron chi connectivity index (χ0n) is 0.500. The third-order valence-electron chi connectivity index (χ3n) is 0. The van der Waals surface area contributed by atoms with Crippen LogP contribution in [-0.2, 0) is 0 Å². The topological polar surface area (TPSA) is 31.5 Å². The summed E-state index contributed by atoms with van der Waals surface area (Å²) in [5, 5.41) is 0. The summed E-state index contributed by atoms with van der Waals surface area (Å²) >= 11 is 0. The van der Waals surface area contributed by atoms with E-state index in [2.05, 4.69) is 0 Å². The second-order valence-electron chi connectivity index (χ2n) is 0. The minimum atomic E-state index is 0. The van der Waals surface area contributed by atoms with Gasteiger partial charge in [0, 0.05) is 0 Å². The minimum absolute atomic E-state index is 0. The summed E-state index contributed by atoms with van der Waals surface area (Å²) in [4.78, 5) is 0. The van der Waals surface area contributed by atoms with Crippen molar-refractivity contribution in [2.24, 2.45) is 0 Å². The van der Waals surface area contributed by atoms with E-state index in [0.29, 0.717) is 0 Å². The van der Waals surface area contributed by atoms with E-state index < -0.39 is 0 Å². The predicted molar refractivity (Wildman–Crippen MR) is 33.4 cm³/mol. The molecule has 4 heavy (non-hydrogen) atoms. The first-order valence-corrected chi connectivity index (χ1v) is 0. The van der Waals surface area contributed by atoms with Crippen LogP contribution < -0.4 is 0 Å². The Kier molecular flexibility index (Phi) is 313. The molecule has 0 saturated heterocycles. The third-order valence-corrected chi connectivity index (χ3v) is 0. The molecule has 0 rings (SSSR count). The highest BCUT2D eigenvalue weighted by atomic mass is 28.1. The molecule has 0 spiro atoms. The average molecular weight is 106 g/mol. The number of hydrogen-bond donors (Lipinski definition) is 0. The van der Waals surface area contributed by atoms with Crippen molar-refractivity contribution in [1.82, 2.24) is 0 Å². The highest BCUT2D eigenvalue weighted by Gasteiger charge is 0.316. The van der Waals surface area contributed by atoms with Gasteiger partial charge in [-0.2, -0.15) is 0 Å². The van der Waals surface area contributed by atoms with Gasteiger partial charge in [-0.25, -0.2) is 0 Å². The van der Waals surface area contributed by atoms with Crippen LogP contribution in [0.1, 0.15) is 0 Å². The maximum Gasteiger partial charge on any atom is 0.316 e. The van der Waals surface area contributed by atoms with E-state index in [0.717, 1.165) is 0 Å². The van der Waals surface area contributed by atoms with Gasteiger partial charge in [0.15, 0.2) is 17.4 Å². The van der Waals surface area contributed by atoms with Crippen LogP contribution in [0.25, 0.3) is 0 Å². The summed E-state index contributed by atoms with van der Waals surface area (Å²) in [7, 11) is 0. The van der Waals surface area contributed by atoms with Crippen LogP contribution in [0, 0.1) is 0 Å². The van der Waals surface area contributed by atoms with Gasteiger partial charge in [-0.1, -0.05) is 0 Å². The fraction of sp³-hybridized carbons (Fsp3) is 0. The molecule has 4 heteroatoms. The molecule has 1 nitrogen and oxygen atoms in total. The third kappa shape index (κ3) is 9.78. The molecular weight excluding hydrogens is 95.4 g/mol. The normalized spacial score (nSPS) is 0. The Balaban J connectivity index is 0. The molecule has 2 N–H and O–H groups in total. The van der Waals surface area contributed by atoms with Crippen molar-refractivity contribution < 1.29 is 5.48 Å². The van der Waals surface area contributed by atoms with E-state index >= 15 is 0 Å². The Morgan fingerprint density at radius 1 is 1.00 bits per heavy atom. The van der Waals surface area contributed by atoms with Crippen molar-refractivity contribution in [1.29, 1.82) is 0 Å². The van der Waals surface area contributed by atoms with Crippen LogP contribution in [0.3, 0.4) is 0 Å². The summed E-state index contributed by atoms with van der Waals surface area (Å²) in [6.45, 7) is 0. The van der Waals surface area contributed by atoms with Crippen molar-refractivity contribution in [3.63, 3.8) is 0 Å². The van der Waals surface area contributed by atoms with E-state index in [-0.39, 0.29) is 56.9 Å². The Labute approximate surface area is 56.8 Å². The monoisotopic (exact) mass is 106 g/mol. The molecule has 0 aromatic heterocycles.